The second-order valence-electron chi connectivity index (χ2n) is 9.41. The third kappa shape index (κ3) is 5.33. The van der Waals surface area contributed by atoms with E-state index in [1.165, 1.54) is 18.2 Å². The lowest BCUT2D eigenvalue weighted by molar-refractivity contribution is -0.147. The van der Waals surface area contributed by atoms with Gasteiger partial charge in [-0.15, -0.1) is 0 Å². The van der Waals surface area contributed by atoms with Crippen molar-refractivity contribution in [1.29, 1.82) is 0 Å². The molecule has 2 aliphatic rings. The van der Waals surface area contributed by atoms with Crippen molar-refractivity contribution in [2.45, 2.75) is 63.3 Å². The molecule has 12 heteroatoms. The number of nitrogens with one attached hydrogen (secondary N) is 1. The van der Waals surface area contributed by atoms with Gasteiger partial charge >= 0.3 is 12.6 Å². The number of carbonyl (C=O) groups is 2. The van der Waals surface area contributed by atoms with Gasteiger partial charge in [-0.05, 0) is 37.0 Å². The van der Waals surface area contributed by atoms with E-state index in [2.05, 4.69) is 20.1 Å². The van der Waals surface area contributed by atoms with E-state index in [0.29, 0.717) is 39.0 Å². The minimum atomic E-state index is -3.08. The molecule has 0 aliphatic carbocycles. The van der Waals surface area contributed by atoms with Gasteiger partial charge < -0.3 is 19.9 Å². The maximum Gasteiger partial charge on any atom is 0.387 e. The van der Waals surface area contributed by atoms with Gasteiger partial charge in [-0.25, -0.2) is 4.79 Å². The van der Waals surface area contributed by atoms with Crippen molar-refractivity contribution in [1.82, 2.24) is 14.7 Å². The molecule has 196 valence electrons. The number of hydrogen-bond acceptors (Lipinski definition) is 6. The van der Waals surface area contributed by atoms with Gasteiger partial charge in [0.2, 0.25) is 0 Å². The Morgan fingerprint density at radius 2 is 2.00 bits per heavy atom. The highest BCUT2D eigenvalue weighted by Gasteiger charge is 2.47. The van der Waals surface area contributed by atoms with Crippen molar-refractivity contribution in [3.63, 3.8) is 0 Å². The number of carboxylic acids is 1. The van der Waals surface area contributed by atoms with E-state index in [1.807, 2.05) is 19.9 Å². The molecule has 2 fully saturated rings. The molecule has 1 aromatic carbocycles. The highest BCUT2D eigenvalue weighted by Crippen LogP contribution is 2.38. The smallest absolute Gasteiger partial charge is 0.387 e. The Bertz CT molecular complexity index is 1100. The van der Waals surface area contributed by atoms with Gasteiger partial charge in [0.05, 0.1) is 12.3 Å². The number of nitrogens with zero attached hydrogens (tertiary/aromatic N) is 3. The highest BCUT2D eigenvalue weighted by atomic mass is 35.5. The molecule has 0 radical (unpaired) electrons. The van der Waals surface area contributed by atoms with Crippen LogP contribution in [0.15, 0.2) is 30.5 Å². The summed E-state index contributed by atoms with van der Waals surface area (Å²) in [6.07, 6.45) is 1.96. The van der Waals surface area contributed by atoms with Gasteiger partial charge in [-0.2, -0.15) is 13.9 Å². The van der Waals surface area contributed by atoms with Crippen LogP contribution in [0.2, 0.25) is 5.02 Å². The summed E-state index contributed by atoms with van der Waals surface area (Å²) in [5, 5.41) is 16.7. The summed E-state index contributed by atoms with van der Waals surface area (Å²) in [5.74, 6) is -1.53. The zero-order valence-electron chi connectivity index (χ0n) is 20.0. The third-order valence-corrected chi connectivity index (χ3v) is 7.13. The predicted octanol–water partition coefficient (Wildman–Crippen LogP) is 3.93. The molecule has 0 saturated carbocycles. The fourth-order valence-electron chi connectivity index (χ4n) is 4.97. The van der Waals surface area contributed by atoms with Gasteiger partial charge in [-0.1, -0.05) is 25.4 Å². The quantitative estimate of drug-likeness (QED) is 0.537. The standard InChI is InChI=1S/C24H29ClF2N4O5/c1-14(2)18-5-8-28-31(18)24(6-9-30(10-7-24)16-12-20(21(32)33)35-13-16)22(34)29-17-4-3-15(25)11-19(17)36-23(26)27/h3-5,8,11,14,16,20,23H,6-7,9-10,12-13H2,1-2H3,(H,29,34)(H,32,33). The second-order valence-corrected chi connectivity index (χ2v) is 9.85. The lowest BCUT2D eigenvalue weighted by Gasteiger charge is -2.43. The first kappa shape index (κ1) is 26.3. The number of hydrogen-bond donors (Lipinski definition) is 2. The molecular weight excluding hydrogens is 498 g/mol. The van der Waals surface area contributed by atoms with Gasteiger partial charge in [-0.3, -0.25) is 14.4 Å². The largest absolute Gasteiger partial charge is 0.479 e. The Kier molecular flexibility index (Phi) is 7.82. The Morgan fingerprint density at radius 3 is 2.61 bits per heavy atom. The number of halogens is 3. The molecule has 1 aromatic heterocycles. The van der Waals surface area contributed by atoms with E-state index >= 15 is 0 Å². The first-order chi connectivity index (χ1) is 17.1. The Balaban J connectivity index is 1.61. The SMILES string of the molecule is CC(C)c1ccnn1C1(C(=O)Nc2ccc(Cl)cc2OC(F)F)CCN(C2COC(C(=O)O)C2)CC1. The van der Waals surface area contributed by atoms with Crippen LogP contribution in [0.25, 0.3) is 0 Å². The monoisotopic (exact) mass is 526 g/mol. The summed E-state index contributed by atoms with van der Waals surface area (Å²) in [6, 6.07) is 5.94. The van der Waals surface area contributed by atoms with Crippen molar-refractivity contribution >= 4 is 29.2 Å². The predicted molar refractivity (Wildman–Crippen MR) is 128 cm³/mol. The van der Waals surface area contributed by atoms with Crippen molar-refractivity contribution < 1.29 is 33.0 Å². The summed E-state index contributed by atoms with van der Waals surface area (Å²) in [5.41, 5.74) is -0.139. The maximum absolute atomic E-state index is 13.9. The Labute approximate surface area is 212 Å². The topological polar surface area (TPSA) is 106 Å². The van der Waals surface area contributed by atoms with E-state index in [9.17, 15) is 23.5 Å². The summed E-state index contributed by atoms with van der Waals surface area (Å²) < 4.78 is 37.7. The van der Waals surface area contributed by atoms with Crippen LogP contribution in [0.5, 0.6) is 5.75 Å². The number of rotatable bonds is 8. The van der Waals surface area contributed by atoms with Crippen LogP contribution in [0.4, 0.5) is 14.5 Å². The zero-order valence-corrected chi connectivity index (χ0v) is 20.8. The summed E-state index contributed by atoms with van der Waals surface area (Å²) >= 11 is 5.95. The summed E-state index contributed by atoms with van der Waals surface area (Å²) in [7, 11) is 0. The molecule has 3 heterocycles. The van der Waals surface area contributed by atoms with Crippen LogP contribution in [0.3, 0.4) is 0 Å². The number of anilines is 1. The molecule has 1 amide bonds. The van der Waals surface area contributed by atoms with Crippen LogP contribution >= 0.6 is 11.6 Å². The number of piperidine rings is 1. The first-order valence-corrected chi connectivity index (χ1v) is 12.2. The van der Waals surface area contributed by atoms with Crippen LogP contribution in [0.1, 0.15) is 44.7 Å². The van der Waals surface area contributed by atoms with E-state index in [1.54, 1.807) is 10.9 Å². The number of aromatic nitrogens is 2. The van der Waals surface area contributed by atoms with Gasteiger partial charge in [0.25, 0.3) is 5.91 Å². The van der Waals surface area contributed by atoms with E-state index in [4.69, 9.17) is 16.3 Å². The number of amides is 1. The van der Waals surface area contributed by atoms with Gasteiger partial charge in [0.1, 0.15) is 5.54 Å². The zero-order chi connectivity index (χ0) is 26.0. The number of carboxylic acid groups (broad SMARTS) is 1. The number of likely N-dealkylation sites (tertiary alicyclic amines) is 1. The Morgan fingerprint density at radius 1 is 1.28 bits per heavy atom. The lowest BCUT2D eigenvalue weighted by Crippen LogP contribution is -2.56. The molecule has 0 bridgehead atoms. The number of aliphatic carboxylic acids is 1. The fourth-order valence-corrected chi connectivity index (χ4v) is 5.13. The molecule has 2 N–H and O–H groups in total. The van der Waals surface area contributed by atoms with Crippen molar-refractivity contribution in [2.75, 3.05) is 25.0 Å². The van der Waals surface area contributed by atoms with Crippen molar-refractivity contribution in [3.8, 4) is 5.75 Å². The van der Waals surface area contributed by atoms with Gasteiger partial charge in [0, 0.05) is 48.5 Å². The van der Waals surface area contributed by atoms with Crippen LogP contribution < -0.4 is 10.1 Å². The molecule has 2 aromatic rings. The lowest BCUT2D eigenvalue weighted by atomic mass is 9.84. The number of carbonyl (C=O) groups excluding carboxylic acids is 1. The van der Waals surface area contributed by atoms with Crippen LogP contribution in [-0.2, 0) is 19.9 Å². The first-order valence-electron chi connectivity index (χ1n) is 11.8. The minimum absolute atomic E-state index is 0.0586. The number of alkyl halides is 2. The van der Waals surface area contributed by atoms with Crippen LogP contribution in [-0.4, -0.2) is 70.1 Å². The van der Waals surface area contributed by atoms with Crippen molar-refractivity contribution in [2.24, 2.45) is 0 Å². The van der Waals surface area contributed by atoms with E-state index in [-0.39, 0.29) is 28.4 Å². The molecule has 0 spiro atoms. The highest BCUT2D eigenvalue weighted by molar-refractivity contribution is 6.30. The Hall–Kier alpha value is -2.76. The van der Waals surface area contributed by atoms with E-state index in [0.717, 1.165) is 5.69 Å². The minimum Gasteiger partial charge on any atom is -0.479 e. The molecule has 2 aliphatic heterocycles. The molecule has 2 saturated heterocycles. The molecule has 4 rings (SSSR count). The molecule has 2 atom stereocenters. The fraction of sp³-hybridized carbons (Fsp3) is 0.542. The number of ether oxygens (including phenoxy) is 2. The summed E-state index contributed by atoms with van der Waals surface area (Å²) in [6.45, 7) is 2.25. The third-order valence-electron chi connectivity index (χ3n) is 6.89. The maximum atomic E-state index is 13.9. The molecule has 36 heavy (non-hydrogen) atoms. The van der Waals surface area contributed by atoms with E-state index < -0.39 is 30.1 Å². The van der Waals surface area contributed by atoms with Gasteiger partial charge in [0.15, 0.2) is 11.9 Å². The number of benzene rings is 1. The summed E-state index contributed by atoms with van der Waals surface area (Å²) in [4.78, 5) is 27.3. The average Bonchev–Trinajstić information content (AvgIpc) is 3.51. The second kappa shape index (κ2) is 10.7. The van der Waals surface area contributed by atoms with Crippen molar-refractivity contribution in [3.05, 3.63) is 41.2 Å². The molecule has 2 unspecified atom stereocenters. The van der Waals surface area contributed by atoms with Crippen LogP contribution in [0, 0.1) is 0 Å². The average molecular weight is 527 g/mol. The normalized spacial score (nSPS) is 22.2. The molecular formula is C24H29ClF2N4O5. The molecule has 9 nitrogen and oxygen atoms in total.